The molecule has 3 amide bonds. The average molecular weight is 758 g/mol. The van der Waals surface area contributed by atoms with Gasteiger partial charge in [0.25, 0.3) is 21.4 Å². The highest BCUT2D eigenvalue weighted by atomic mass is 35.5. The second kappa shape index (κ2) is 13.1. The van der Waals surface area contributed by atoms with Gasteiger partial charge in [0.15, 0.2) is 25.2 Å². The molecule has 1 aromatic heterocycles. The summed E-state index contributed by atoms with van der Waals surface area (Å²) >= 11 is 5.98. The summed E-state index contributed by atoms with van der Waals surface area (Å²) in [6.45, 7) is -2.15. The Kier molecular flexibility index (Phi) is 9.25. The molecular weight excluding hydrogens is 730 g/mol. The first-order chi connectivity index (χ1) is 23.9. The lowest BCUT2D eigenvalue weighted by Gasteiger charge is -2.21. The lowest BCUT2D eigenvalue weighted by Crippen LogP contribution is -2.46. The highest BCUT2D eigenvalue weighted by molar-refractivity contribution is 7.90. The normalized spacial score (nSPS) is 15.5. The van der Waals surface area contributed by atoms with E-state index in [4.69, 9.17) is 21.1 Å². The number of sulfonamides is 1. The van der Waals surface area contributed by atoms with Gasteiger partial charge in [0.05, 0.1) is 22.5 Å². The lowest BCUT2D eigenvalue weighted by molar-refractivity contribution is -0.345. The van der Waals surface area contributed by atoms with Gasteiger partial charge in [0.1, 0.15) is 10.6 Å². The minimum Gasteiger partial charge on any atom is -0.482 e. The number of anilines is 1. The van der Waals surface area contributed by atoms with E-state index < -0.39 is 58.8 Å². The summed E-state index contributed by atoms with van der Waals surface area (Å²) in [5.41, 5.74) is 0.269. The molecule has 4 aromatic rings. The van der Waals surface area contributed by atoms with E-state index in [1.165, 1.54) is 41.4 Å². The molecule has 0 radical (unpaired) electrons. The predicted octanol–water partition coefficient (Wildman–Crippen LogP) is 6.42. The quantitative estimate of drug-likeness (QED) is 0.180. The predicted molar refractivity (Wildman–Crippen MR) is 171 cm³/mol. The third-order valence-corrected chi connectivity index (χ3v) is 10.2. The summed E-state index contributed by atoms with van der Waals surface area (Å²) in [6, 6.07) is 12.3. The number of fused-ring (bicyclic) bond motifs is 2. The van der Waals surface area contributed by atoms with E-state index in [-0.39, 0.29) is 50.7 Å². The number of halogens is 7. The Morgan fingerprint density at radius 1 is 0.980 bits per heavy atom. The molecule has 2 aliphatic rings. The molecule has 2 heterocycles. The van der Waals surface area contributed by atoms with Crippen LogP contribution in [-0.2, 0) is 23.0 Å². The zero-order chi connectivity index (χ0) is 36.9. The number of aromatic nitrogens is 1. The Morgan fingerprint density at radius 2 is 1.65 bits per heavy atom. The van der Waals surface area contributed by atoms with Crippen molar-refractivity contribution in [2.45, 2.75) is 55.5 Å². The Morgan fingerprint density at radius 3 is 2.27 bits per heavy atom. The average Bonchev–Trinajstić information content (AvgIpc) is 3.69. The summed E-state index contributed by atoms with van der Waals surface area (Å²) in [4.78, 5) is 30.3. The van der Waals surface area contributed by atoms with Gasteiger partial charge in [0.2, 0.25) is 0 Å². The van der Waals surface area contributed by atoms with E-state index in [1.54, 1.807) is 31.2 Å². The van der Waals surface area contributed by atoms with Gasteiger partial charge in [-0.15, -0.1) is 0 Å². The number of hydrogen-bond donors (Lipinski definition) is 2. The van der Waals surface area contributed by atoms with E-state index >= 15 is 0 Å². The van der Waals surface area contributed by atoms with Crippen molar-refractivity contribution in [2.75, 3.05) is 18.1 Å². The lowest BCUT2D eigenvalue weighted by atomic mass is 10.0. The van der Waals surface area contributed by atoms with Crippen LogP contribution >= 0.6 is 11.6 Å². The van der Waals surface area contributed by atoms with Crippen molar-refractivity contribution in [3.05, 3.63) is 88.1 Å². The molecule has 3 aromatic carbocycles. The minimum absolute atomic E-state index is 0.0594. The number of nitrogens with one attached hydrogen (secondary N) is 3. The van der Waals surface area contributed by atoms with Crippen LogP contribution in [0.1, 0.15) is 39.9 Å². The molecule has 0 bridgehead atoms. The van der Waals surface area contributed by atoms with Crippen molar-refractivity contribution >= 4 is 50.2 Å². The van der Waals surface area contributed by atoms with Gasteiger partial charge in [-0.2, -0.15) is 26.3 Å². The number of hydrogen-bond acceptors (Lipinski definition) is 6. The number of carbonyl (C=O) groups is 2. The van der Waals surface area contributed by atoms with E-state index in [1.807, 2.05) is 4.72 Å². The first kappa shape index (κ1) is 36.0. The van der Waals surface area contributed by atoms with Gasteiger partial charge in [-0.05, 0) is 61.6 Å². The SMILES string of the molecule is Cc1cc(CC2(NC(=O)NS(=O)(=O)c3ccccc3Cl)CC2)ccc1N1Cc2c(c(OCC(F)(F)F)c3ccc[nH+]c3c2OCC(F)(F)F)C1=O. The zero-order valence-corrected chi connectivity index (χ0v) is 28.0. The molecule has 270 valence electrons. The molecule has 10 nitrogen and oxygen atoms in total. The van der Waals surface area contributed by atoms with Crippen LogP contribution in [-0.4, -0.2) is 51.5 Å². The smallest absolute Gasteiger partial charge is 0.422 e. The number of benzene rings is 3. The second-order valence-corrected chi connectivity index (χ2v) is 14.3. The van der Waals surface area contributed by atoms with Crippen molar-refractivity contribution in [2.24, 2.45) is 0 Å². The van der Waals surface area contributed by atoms with Gasteiger partial charge in [-0.1, -0.05) is 35.9 Å². The fourth-order valence-electron chi connectivity index (χ4n) is 6.03. The molecular formula is C33H28ClF6N4O6S+. The summed E-state index contributed by atoms with van der Waals surface area (Å²) in [5, 5.41) is 2.58. The van der Waals surface area contributed by atoms with Crippen molar-refractivity contribution in [1.82, 2.24) is 10.0 Å². The standard InChI is InChI=1S/C33H27ClF6N4O6S/c1-18-13-19(14-31(10-11-31)42-30(46)43-51(47,48)24-7-3-2-6-22(24)34)8-9-23(18)44-15-21-25(29(44)45)27(49-16-32(35,36)37)20-5-4-12-41-26(20)28(21)50-17-33(38,39)40/h2-9,12-13H,10-11,14-17H2,1H3,(H2,42,43,46)/p+1. The Labute approximate surface area is 291 Å². The van der Waals surface area contributed by atoms with Crippen LogP contribution in [0.2, 0.25) is 5.02 Å². The van der Waals surface area contributed by atoms with E-state index in [2.05, 4.69) is 10.3 Å². The molecule has 1 fully saturated rings. The third-order valence-electron chi connectivity index (χ3n) is 8.35. The van der Waals surface area contributed by atoms with Crippen LogP contribution in [0.5, 0.6) is 11.5 Å². The first-order valence-corrected chi connectivity index (χ1v) is 17.1. The number of aryl methyl sites for hydroxylation is 1. The maximum absolute atomic E-state index is 13.9. The molecule has 3 N–H and O–H groups in total. The number of pyridine rings is 1. The number of aromatic amines is 1. The topological polar surface area (TPSA) is 128 Å². The van der Waals surface area contributed by atoms with Crippen molar-refractivity contribution < 1.29 is 58.8 Å². The maximum Gasteiger partial charge on any atom is 0.422 e. The van der Waals surface area contributed by atoms with Gasteiger partial charge < -0.3 is 19.7 Å². The first-order valence-electron chi connectivity index (χ1n) is 15.3. The number of amides is 3. The van der Waals surface area contributed by atoms with Gasteiger partial charge >= 0.3 is 18.4 Å². The maximum atomic E-state index is 13.9. The molecule has 0 atom stereocenters. The van der Waals surface area contributed by atoms with Gasteiger partial charge in [-0.25, -0.2) is 22.9 Å². The molecule has 1 aliphatic heterocycles. The van der Waals surface area contributed by atoms with E-state index in [9.17, 15) is 44.3 Å². The van der Waals surface area contributed by atoms with Crippen molar-refractivity contribution in [3.8, 4) is 11.5 Å². The Bertz CT molecular complexity index is 2160. The van der Waals surface area contributed by atoms with E-state index in [0.29, 0.717) is 29.7 Å². The Hall–Kier alpha value is -4.77. The molecule has 6 rings (SSSR count). The second-order valence-electron chi connectivity index (χ2n) is 12.2. The molecule has 1 aliphatic carbocycles. The number of alkyl halides is 6. The fraction of sp³-hybridized carbons (Fsp3) is 0.303. The number of ether oxygens (including phenoxy) is 2. The molecule has 0 spiro atoms. The number of carbonyl (C=O) groups excluding carboxylic acids is 2. The van der Waals surface area contributed by atoms with Crippen LogP contribution in [0.15, 0.2) is 65.7 Å². The largest absolute Gasteiger partial charge is 0.482 e. The number of urea groups is 1. The molecule has 0 unspecified atom stereocenters. The Balaban J connectivity index is 1.26. The van der Waals surface area contributed by atoms with Crippen LogP contribution in [0, 0.1) is 6.92 Å². The number of nitrogens with zero attached hydrogens (tertiary/aromatic N) is 1. The summed E-state index contributed by atoms with van der Waals surface area (Å²) in [7, 11) is -4.26. The highest BCUT2D eigenvalue weighted by Crippen LogP contribution is 2.46. The highest BCUT2D eigenvalue weighted by Gasteiger charge is 2.45. The molecule has 1 saturated carbocycles. The van der Waals surface area contributed by atoms with Gasteiger partial charge in [-0.3, -0.25) is 4.79 Å². The van der Waals surface area contributed by atoms with Crippen LogP contribution in [0.4, 0.5) is 36.8 Å². The number of rotatable bonds is 10. The van der Waals surface area contributed by atoms with Crippen molar-refractivity contribution in [3.63, 3.8) is 0 Å². The van der Waals surface area contributed by atoms with Crippen LogP contribution in [0.25, 0.3) is 10.9 Å². The van der Waals surface area contributed by atoms with Gasteiger partial charge in [0, 0.05) is 22.9 Å². The van der Waals surface area contributed by atoms with Crippen molar-refractivity contribution in [1.29, 1.82) is 0 Å². The van der Waals surface area contributed by atoms with Crippen LogP contribution < -0.4 is 29.4 Å². The fourth-order valence-corrected chi connectivity index (χ4v) is 7.46. The monoisotopic (exact) mass is 757 g/mol. The summed E-state index contributed by atoms with van der Waals surface area (Å²) < 4.78 is 117. The van der Waals surface area contributed by atoms with E-state index in [0.717, 1.165) is 0 Å². The number of H-pyrrole nitrogens is 1. The molecule has 51 heavy (non-hydrogen) atoms. The summed E-state index contributed by atoms with van der Waals surface area (Å²) in [6.07, 6.45) is -6.82. The third kappa shape index (κ3) is 7.78. The summed E-state index contributed by atoms with van der Waals surface area (Å²) in [5.74, 6) is -1.61. The minimum atomic E-state index is -4.78. The molecule has 0 saturated heterocycles. The molecule has 18 heteroatoms. The zero-order valence-electron chi connectivity index (χ0n) is 26.5. The van der Waals surface area contributed by atoms with Crippen LogP contribution in [0.3, 0.4) is 0 Å².